The summed E-state index contributed by atoms with van der Waals surface area (Å²) < 4.78 is 13.1. The minimum Gasteiger partial charge on any atom is -0.356 e. The first-order valence-electron chi connectivity index (χ1n) is 6.32. The number of carbonyl (C=O) groups is 1. The minimum atomic E-state index is -0.420. The summed E-state index contributed by atoms with van der Waals surface area (Å²) in [5.41, 5.74) is 1.00. The number of nitriles is 1. The number of carbonyl (C=O) groups excluding carboxylic acids is 1. The summed E-state index contributed by atoms with van der Waals surface area (Å²) in [6, 6.07) is 6.12. The lowest BCUT2D eigenvalue weighted by molar-refractivity contribution is -0.120. The molecule has 5 heteroatoms. The first-order chi connectivity index (χ1) is 9.15. The molecule has 0 fully saturated rings. The maximum atomic E-state index is 13.1. The third kappa shape index (κ3) is 5.98. The lowest BCUT2D eigenvalue weighted by Crippen LogP contribution is -2.28. The summed E-state index contributed by atoms with van der Waals surface area (Å²) in [5, 5.41) is 14.6. The van der Waals surface area contributed by atoms with Crippen molar-refractivity contribution in [1.29, 1.82) is 5.26 Å². The predicted molar refractivity (Wildman–Crippen MR) is 70.7 cm³/mol. The molecule has 1 amide bonds. The van der Waals surface area contributed by atoms with E-state index in [2.05, 4.69) is 10.6 Å². The van der Waals surface area contributed by atoms with Crippen LogP contribution in [0.15, 0.2) is 18.2 Å². The van der Waals surface area contributed by atoms with Gasteiger partial charge in [-0.25, -0.2) is 4.39 Å². The Kier molecular flexibility index (Phi) is 6.55. The molecule has 102 valence electrons. The molecule has 0 bridgehead atoms. The Morgan fingerprint density at radius 1 is 1.37 bits per heavy atom. The second-order valence-corrected chi connectivity index (χ2v) is 4.24. The fraction of sp³-hybridized carbons (Fsp3) is 0.429. The van der Waals surface area contributed by atoms with Crippen LogP contribution in [0.1, 0.15) is 30.9 Å². The third-order valence-corrected chi connectivity index (χ3v) is 2.52. The zero-order valence-electron chi connectivity index (χ0n) is 11.0. The van der Waals surface area contributed by atoms with Gasteiger partial charge in [-0.3, -0.25) is 4.79 Å². The van der Waals surface area contributed by atoms with Crippen molar-refractivity contribution >= 4 is 5.91 Å². The van der Waals surface area contributed by atoms with E-state index in [0.29, 0.717) is 37.2 Å². The highest BCUT2D eigenvalue weighted by Crippen LogP contribution is 2.08. The topological polar surface area (TPSA) is 64.9 Å². The normalized spacial score (nSPS) is 9.95. The first-order valence-corrected chi connectivity index (χ1v) is 6.32. The molecule has 1 aromatic carbocycles. The SMILES string of the molecule is CCCNC(=O)CCNCc1cc(F)cc(C#N)c1. The van der Waals surface area contributed by atoms with Crippen molar-refractivity contribution in [2.45, 2.75) is 26.3 Å². The van der Waals surface area contributed by atoms with Gasteiger partial charge in [-0.2, -0.15) is 5.26 Å². The van der Waals surface area contributed by atoms with Gasteiger partial charge < -0.3 is 10.6 Å². The maximum absolute atomic E-state index is 13.1. The van der Waals surface area contributed by atoms with Crippen molar-refractivity contribution in [2.24, 2.45) is 0 Å². The molecular formula is C14H18FN3O. The van der Waals surface area contributed by atoms with Gasteiger partial charge in [-0.1, -0.05) is 6.92 Å². The predicted octanol–water partition coefficient (Wildman–Crippen LogP) is 1.70. The molecule has 1 aromatic rings. The van der Waals surface area contributed by atoms with Crippen molar-refractivity contribution in [3.63, 3.8) is 0 Å². The Morgan fingerprint density at radius 2 is 2.16 bits per heavy atom. The van der Waals surface area contributed by atoms with Crippen molar-refractivity contribution < 1.29 is 9.18 Å². The van der Waals surface area contributed by atoms with E-state index in [1.165, 1.54) is 12.1 Å². The number of nitrogens with one attached hydrogen (secondary N) is 2. The van der Waals surface area contributed by atoms with Gasteiger partial charge >= 0.3 is 0 Å². The monoisotopic (exact) mass is 263 g/mol. The maximum Gasteiger partial charge on any atom is 0.221 e. The fourth-order valence-corrected chi connectivity index (χ4v) is 1.60. The van der Waals surface area contributed by atoms with Crippen molar-refractivity contribution in [3.05, 3.63) is 35.1 Å². The summed E-state index contributed by atoms with van der Waals surface area (Å²) in [6.45, 7) is 3.64. The molecular weight excluding hydrogens is 245 g/mol. The summed E-state index contributed by atoms with van der Waals surface area (Å²) >= 11 is 0. The van der Waals surface area contributed by atoms with Crippen LogP contribution in [-0.4, -0.2) is 19.0 Å². The molecule has 0 spiro atoms. The molecule has 0 aliphatic rings. The lowest BCUT2D eigenvalue weighted by atomic mass is 10.1. The van der Waals surface area contributed by atoms with Gasteiger partial charge in [-0.05, 0) is 30.2 Å². The van der Waals surface area contributed by atoms with Crippen molar-refractivity contribution in [2.75, 3.05) is 13.1 Å². The first kappa shape index (κ1) is 15.1. The average Bonchev–Trinajstić information content (AvgIpc) is 2.40. The Bertz CT molecular complexity index is 468. The van der Waals surface area contributed by atoms with Gasteiger partial charge in [0, 0.05) is 26.1 Å². The third-order valence-electron chi connectivity index (χ3n) is 2.52. The lowest BCUT2D eigenvalue weighted by Gasteiger charge is -2.06. The van der Waals surface area contributed by atoms with E-state index < -0.39 is 5.82 Å². The van der Waals surface area contributed by atoms with Gasteiger partial charge in [-0.15, -0.1) is 0 Å². The highest BCUT2D eigenvalue weighted by atomic mass is 19.1. The van der Waals surface area contributed by atoms with Crippen molar-refractivity contribution in [1.82, 2.24) is 10.6 Å². The number of hydrogen-bond acceptors (Lipinski definition) is 3. The molecule has 19 heavy (non-hydrogen) atoms. The van der Waals surface area contributed by atoms with Crippen LogP contribution in [0.3, 0.4) is 0 Å². The van der Waals surface area contributed by atoms with Gasteiger partial charge in [0.1, 0.15) is 5.82 Å². The quantitative estimate of drug-likeness (QED) is 0.736. The Labute approximate surface area is 112 Å². The number of hydrogen-bond donors (Lipinski definition) is 2. The van der Waals surface area contributed by atoms with E-state index in [1.807, 2.05) is 13.0 Å². The molecule has 4 nitrogen and oxygen atoms in total. The highest BCUT2D eigenvalue weighted by Gasteiger charge is 2.02. The standard InChI is InChI=1S/C14H18FN3O/c1-2-4-18-14(19)3-5-17-10-12-6-11(9-16)7-13(15)8-12/h6-8,17H,2-5,10H2,1H3,(H,18,19). The molecule has 0 saturated carbocycles. The molecule has 0 atom stereocenters. The molecule has 0 aliphatic heterocycles. The van der Waals surface area contributed by atoms with Crippen LogP contribution in [0.2, 0.25) is 0 Å². The second-order valence-electron chi connectivity index (χ2n) is 4.24. The molecule has 0 aromatic heterocycles. The number of benzene rings is 1. The van der Waals surface area contributed by atoms with Crippen molar-refractivity contribution in [3.8, 4) is 6.07 Å². The van der Waals surface area contributed by atoms with Crippen LogP contribution in [0.5, 0.6) is 0 Å². The van der Waals surface area contributed by atoms with E-state index in [-0.39, 0.29) is 5.91 Å². The molecule has 0 aliphatic carbocycles. The van der Waals surface area contributed by atoms with Crippen LogP contribution in [-0.2, 0) is 11.3 Å². The van der Waals surface area contributed by atoms with Gasteiger partial charge in [0.2, 0.25) is 5.91 Å². The summed E-state index contributed by atoms with van der Waals surface area (Å²) in [6.07, 6.45) is 1.31. The summed E-state index contributed by atoms with van der Waals surface area (Å²) in [4.78, 5) is 11.3. The number of nitrogens with zero attached hydrogens (tertiary/aromatic N) is 1. The molecule has 0 saturated heterocycles. The molecule has 0 heterocycles. The zero-order valence-corrected chi connectivity index (χ0v) is 11.0. The largest absolute Gasteiger partial charge is 0.356 e. The van der Waals surface area contributed by atoms with E-state index in [4.69, 9.17) is 5.26 Å². The van der Waals surface area contributed by atoms with Crippen LogP contribution in [0.4, 0.5) is 4.39 Å². The van der Waals surface area contributed by atoms with E-state index in [1.54, 1.807) is 6.07 Å². The molecule has 0 radical (unpaired) electrons. The van der Waals surface area contributed by atoms with E-state index in [0.717, 1.165) is 6.42 Å². The van der Waals surface area contributed by atoms with E-state index >= 15 is 0 Å². The Balaban J connectivity index is 2.32. The summed E-state index contributed by atoms with van der Waals surface area (Å²) in [5.74, 6) is -0.414. The Hall–Kier alpha value is -1.93. The Morgan fingerprint density at radius 3 is 2.84 bits per heavy atom. The van der Waals surface area contributed by atoms with Crippen LogP contribution in [0.25, 0.3) is 0 Å². The number of halogens is 1. The smallest absolute Gasteiger partial charge is 0.221 e. The highest BCUT2D eigenvalue weighted by molar-refractivity contribution is 5.75. The van der Waals surface area contributed by atoms with Crippen LogP contribution < -0.4 is 10.6 Å². The molecule has 0 unspecified atom stereocenters. The van der Waals surface area contributed by atoms with Gasteiger partial charge in [0.05, 0.1) is 11.6 Å². The van der Waals surface area contributed by atoms with E-state index in [9.17, 15) is 9.18 Å². The molecule has 2 N–H and O–H groups in total. The number of amides is 1. The van der Waals surface area contributed by atoms with Gasteiger partial charge in [0.15, 0.2) is 0 Å². The van der Waals surface area contributed by atoms with Crippen LogP contribution >= 0.6 is 0 Å². The number of rotatable bonds is 7. The zero-order chi connectivity index (χ0) is 14.1. The second kappa shape index (κ2) is 8.22. The summed E-state index contributed by atoms with van der Waals surface area (Å²) in [7, 11) is 0. The minimum absolute atomic E-state index is 0.00584. The van der Waals surface area contributed by atoms with Crippen LogP contribution in [0, 0.1) is 17.1 Å². The fourth-order valence-electron chi connectivity index (χ4n) is 1.60. The molecule has 1 rings (SSSR count). The average molecular weight is 263 g/mol. The van der Waals surface area contributed by atoms with Gasteiger partial charge in [0.25, 0.3) is 0 Å².